The van der Waals surface area contributed by atoms with Crippen LogP contribution >= 0.6 is 0 Å². The molecule has 5 heteroatoms. The Kier molecular flexibility index (Phi) is 4.11. The number of carbonyl (C=O) groups is 1. The summed E-state index contributed by atoms with van der Waals surface area (Å²) < 4.78 is 0. The monoisotopic (exact) mass is 329 g/mol. The number of hydrogen-bond donors (Lipinski definition) is 3. The zero-order chi connectivity index (χ0) is 16.7. The molecule has 5 nitrogen and oxygen atoms in total. The summed E-state index contributed by atoms with van der Waals surface area (Å²) in [4.78, 5) is 15.2. The number of fused-ring (bicyclic) bond motifs is 1. The SMILES string of the molecule is NCN(C(=O)C(O)(c1ccccc1)C1CCCC1)C1C2CNCC21. The van der Waals surface area contributed by atoms with Crippen molar-refractivity contribution in [2.45, 2.75) is 37.3 Å². The first kappa shape index (κ1) is 16.1. The van der Waals surface area contributed by atoms with Crippen LogP contribution in [0.2, 0.25) is 0 Å². The summed E-state index contributed by atoms with van der Waals surface area (Å²) in [6.07, 6.45) is 3.95. The lowest BCUT2D eigenvalue weighted by Crippen LogP contribution is -2.54. The fourth-order valence-electron chi connectivity index (χ4n) is 4.98. The van der Waals surface area contributed by atoms with Crippen LogP contribution in [0, 0.1) is 17.8 Å². The van der Waals surface area contributed by atoms with Gasteiger partial charge in [0.1, 0.15) is 0 Å². The minimum Gasteiger partial charge on any atom is -0.375 e. The summed E-state index contributed by atoms with van der Waals surface area (Å²) in [5.74, 6) is 0.794. The van der Waals surface area contributed by atoms with Gasteiger partial charge in [-0.3, -0.25) is 4.79 Å². The van der Waals surface area contributed by atoms with E-state index < -0.39 is 5.60 Å². The van der Waals surface area contributed by atoms with E-state index in [0.29, 0.717) is 17.4 Å². The van der Waals surface area contributed by atoms with Crippen molar-refractivity contribution in [1.82, 2.24) is 10.2 Å². The average molecular weight is 329 g/mol. The highest BCUT2D eigenvalue weighted by Gasteiger charge is 2.59. The van der Waals surface area contributed by atoms with E-state index in [1.54, 1.807) is 4.90 Å². The summed E-state index contributed by atoms with van der Waals surface area (Å²) in [6, 6.07) is 9.65. The second kappa shape index (κ2) is 6.14. The van der Waals surface area contributed by atoms with Gasteiger partial charge >= 0.3 is 0 Å². The maximum Gasteiger partial charge on any atom is 0.260 e. The van der Waals surface area contributed by atoms with Crippen LogP contribution in [0.4, 0.5) is 0 Å². The summed E-state index contributed by atoms with van der Waals surface area (Å²) in [6.45, 7) is 2.08. The highest BCUT2D eigenvalue weighted by Crippen LogP contribution is 2.48. The lowest BCUT2D eigenvalue weighted by Gasteiger charge is -2.38. The molecular formula is C19H27N3O2. The molecule has 4 rings (SSSR count). The molecule has 1 aromatic rings. The van der Waals surface area contributed by atoms with Gasteiger partial charge in [0.15, 0.2) is 5.60 Å². The van der Waals surface area contributed by atoms with Crippen LogP contribution in [0.25, 0.3) is 0 Å². The van der Waals surface area contributed by atoms with Gasteiger partial charge in [-0.05, 0) is 30.2 Å². The first-order chi connectivity index (χ1) is 11.7. The van der Waals surface area contributed by atoms with Gasteiger partial charge in [0.05, 0.1) is 6.67 Å². The Morgan fingerprint density at radius 3 is 2.42 bits per heavy atom. The van der Waals surface area contributed by atoms with Crippen molar-refractivity contribution in [2.75, 3.05) is 19.8 Å². The molecule has 1 aromatic carbocycles. The third-order valence-electron chi connectivity index (χ3n) is 6.35. The predicted molar refractivity (Wildman–Crippen MR) is 91.8 cm³/mol. The maximum atomic E-state index is 13.5. The third kappa shape index (κ3) is 2.38. The van der Waals surface area contributed by atoms with Crippen molar-refractivity contribution in [2.24, 2.45) is 23.5 Å². The number of rotatable bonds is 5. The number of aliphatic hydroxyl groups is 1. The molecule has 1 heterocycles. The smallest absolute Gasteiger partial charge is 0.260 e. The van der Waals surface area contributed by atoms with Gasteiger partial charge in [0, 0.05) is 25.0 Å². The lowest BCUT2D eigenvalue weighted by atomic mass is 9.79. The number of hydrogen-bond acceptors (Lipinski definition) is 4. The van der Waals surface area contributed by atoms with E-state index in [0.717, 1.165) is 38.8 Å². The number of nitrogens with one attached hydrogen (secondary N) is 1. The minimum atomic E-state index is -1.44. The van der Waals surface area contributed by atoms with E-state index >= 15 is 0 Å². The number of carbonyl (C=O) groups excluding carboxylic acids is 1. The molecule has 3 atom stereocenters. The first-order valence-electron chi connectivity index (χ1n) is 9.17. The van der Waals surface area contributed by atoms with Crippen molar-refractivity contribution < 1.29 is 9.90 Å². The molecule has 0 bridgehead atoms. The minimum absolute atomic E-state index is 0.0156. The number of piperidine rings is 1. The highest BCUT2D eigenvalue weighted by molar-refractivity contribution is 5.87. The molecule has 2 saturated carbocycles. The van der Waals surface area contributed by atoms with E-state index in [1.807, 2.05) is 30.3 Å². The molecule has 3 unspecified atom stereocenters. The van der Waals surface area contributed by atoms with Crippen LogP contribution < -0.4 is 11.1 Å². The predicted octanol–water partition coefficient (Wildman–Crippen LogP) is 1.03. The van der Waals surface area contributed by atoms with Gasteiger partial charge in [0.2, 0.25) is 0 Å². The fraction of sp³-hybridized carbons (Fsp3) is 0.632. The molecule has 3 aliphatic rings. The zero-order valence-corrected chi connectivity index (χ0v) is 14.0. The Balaban J connectivity index is 1.66. The van der Waals surface area contributed by atoms with E-state index in [2.05, 4.69) is 5.32 Å². The van der Waals surface area contributed by atoms with E-state index in [-0.39, 0.29) is 24.5 Å². The number of benzene rings is 1. The topological polar surface area (TPSA) is 78.6 Å². The van der Waals surface area contributed by atoms with Crippen molar-refractivity contribution in [1.29, 1.82) is 0 Å². The third-order valence-corrected chi connectivity index (χ3v) is 6.35. The van der Waals surface area contributed by atoms with Crippen LogP contribution in [-0.2, 0) is 10.4 Å². The molecule has 0 aromatic heterocycles. The quantitative estimate of drug-likeness (QED) is 0.705. The van der Waals surface area contributed by atoms with Gasteiger partial charge < -0.3 is 21.1 Å². The Morgan fingerprint density at radius 1 is 1.21 bits per heavy atom. The van der Waals surface area contributed by atoms with Crippen LogP contribution in [0.3, 0.4) is 0 Å². The molecule has 3 fully saturated rings. The number of nitrogens with zero attached hydrogens (tertiary/aromatic N) is 1. The van der Waals surface area contributed by atoms with Crippen LogP contribution in [0.15, 0.2) is 30.3 Å². The molecular weight excluding hydrogens is 302 g/mol. The van der Waals surface area contributed by atoms with Crippen molar-refractivity contribution >= 4 is 5.91 Å². The first-order valence-corrected chi connectivity index (χ1v) is 9.17. The molecule has 1 amide bonds. The summed E-state index contributed by atoms with van der Waals surface area (Å²) in [5.41, 5.74) is 5.23. The average Bonchev–Trinajstić information content (AvgIpc) is 3.07. The molecule has 24 heavy (non-hydrogen) atoms. The number of nitrogens with two attached hydrogens (primary N) is 1. The van der Waals surface area contributed by atoms with Gasteiger partial charge in [-0.1, -0.05) is 43.2 Å². The fourth-order valence-corrected chi connectivity index (χ4v) is 4.98. The normalized spacial score (nSPS) is 31.5. The highest BCUT2D eigenvalue weighted by atomic mass is 16.3. The second-order valence-corrected chi connectivity index (χ2v) is 7.55. The zero-order valence-electron chi connectivity index (χ0n) is 14.0. The van der Waals surface area contributed by atoms with E-state index in [4.69, 9.17) is 5.73 Å². The summed E-state index contributed by atoms with van der Waals surface area (Å²) in [7, 11) is 0. The molecule has 0 radical (unpaired) electrons. The Bertz CT molecular complexity index is 592. The van der Waals surface area contributed by atoms with Crippen LogP contribution in [0.5, 0.6) is 0 Å². The van der Waals surface area contributed by atoms with Gasteiger partial charge in [-0.25, -0.2) is 0 Å². The summed E-state index contributed by atoms with van der Waals surface area (Å²) in [5, 5.41) is 15.0. The molecule has 1 saturated heterocycles. The van der Waals surface area contributed by atoms with Crippen molar-refractivity contribution in [3.8, 4) is 0 Å². The van der Waals surface area contributed by atoms with Gasteiger partial charge in [-0.15, -0.1) is 0 Å². The second-order valence-electron chi connectivity index (χ2n) is 7.55. The molecule has 4 N–H and O–H groups in total. The Hall–Kier alpha value is -1.43. The molecule has 0 spiro atoms. The van der Waals surface area contributed by atoms with Crippen LogP contribution in [0.1, 0.15) is 31.2 Å². The van der Waals surface area contributed by atoms with Gasteiger partial charge in [-0.2, -0.15) is 0 Å². The maximum absolute atomic E-state index is 13.5. The van der Waals surface area contributed by atoms with E-state index in [1.165, 1.54) is 0 Å². The lowest BCUT2D eigenvalue weighted by molar-refractivity contribution is -0.160. The van der Waals surface area contributed by atoms with E-state index in [9.17, 15) is 9.90 Å². The summed E-state index contributed by atoms with van der Waals surface area (Å²) >= 11 is 0. The van der Waals surface area contributed by atoms with Crippen molar-refractivity contribution in [3.63, 3.8) is 0 Å². The molecule has 1 aliphatic heterocycles. The number of amides is 1. The van der Waals surface area contributed by atoms with Crippen molar-refractivity contribution in [3.05, 3.63) is 35.9 Å². The Labute approximate surface area is 143 Å². The largest absolute Gasteiger partial charge is 0.375 e. The Morgan fingerprint density at radius 2 is 1.83 bits per heavy atom. The molecule has 130 valence electrons. The standard InChI is InChI=1S/C19H27N3O2/c20-12-22(17-15-10-21-11-16(15)17)18(23)19(24,14-8-4-5-9-14)13-6-2-1-3-7-13/h1-3,6-7,14-17,21,24H,4-5,8-12,20H2. The molecule has 2 aliphatic carbocycles. The van der Waals surface area contributed by atoms with Gasteiger partial charge in [0.25, 0.3) is 5.91 Å². The van der Waals surface area contributed by atoms with Crippen LogP contribution in [-0.4, -0.2) is 41.7 Å².